The number of benzene rings is 1. The van der Waals surface area contributed by atoms with Gasteiger partial charge in [0, 0.05) is 63.7 Å². The maximum atomic E-state index is 13.7. The largest absolute Gasteiger partial charge is 0.483 e. The van der Waals surface area contributed by atoms with E-state index < -0.39 is 36.0 Å². The number of nitrogens with zero attached hydrogens (tertiary/aromatic N) is 5. The zero-order valence-electron chi connectivity index (χ0n) is 28.7. The number of aryl methyl sites for hydroxylation is 1. The van der Waals surface area contributed by atoms with Crippen molar-refractivity contribution in [1.29, 1.82) is 0 Å². The number of hydrogen-bond donors (Lipinski definition) is 2. The lowest BCUT2D eigenvalue weighted by Gasteiger charge is -2.35. The summed E-state index contributed by atoms with van der Waals surface area (Å²) in [4.78, 5) is 88.4. The second kappa shape index (κ2) is 16.6. The summed E-state index contributed by atoms with van der Waals surface area (Å²) in [5, 5.41) is 12.6. The van der Waals surface area contributed by atoms with Crippen molar-refractivity contribution in [2.45, 2.75) is 70.9 Å². The van der Waals surface area contributed by atoms with Crippen molar-refractivity contribution >= 4 is 46.6 Å². The number of piperazine rings is 1. The fourth-order valence-corrected chi connectivity index (χ4v) is 6.71. The number of carboxylic acid groups (broad SMARTS) is 1. The van der Waals surface area contributed by atoms with Gasteiger partial charge in [0.25, 0.3) is 11.8 Å². The van der Waals surface area contributed by atoms with Crippen LogP contribution in [-0.2, 0) is 23.9 Å². The van der Waals surface area contributed by atoms with E-state index in [-0.39, 0.29) is 75.5 Å². The van der Waals surface area contributed by atoms with E-state index in [9.17, 15) is 33.9 Å². The van der Waals surface area contributed by atoms with E-state index in [0.717, 1.165) is 31.2 Å². The highest BCUT2D eigenvalue weighted by atomic mass is 16.6. The van der Waals surface area contributed by atoms with Crippen molar-refractivity contribution in [3.63, 3.8) is 0 Å². The minimum absolute atomic E-state index is 0.0211. The lowest BCUT2D eigenvalue weighted by Crippen LogP contribution is -2.56. The molecule has 0 saturated carbocycles. The fraction of sp³-hybridized carbons (Fsp3) is 0.571. The van der Waals surface area contributed by atoms with Gasteiger partial charge in [0.1, 0.15) is 23.5 Å². The number of carbonyl (C=O) groups is 6. The Kier molecular flexibility index (Phi) is 12.1. The molecule has 1 aromatic heterocycles. The van der Waals surface area contributed by atoms with Gasteiger partial charge in [-0.3, -0.25) is 24.0 Å². The zero-order chi connectivity index (χ0) is 35.8. The van der Waals surface area contributed by atoms with Gasteiger partial charge in [0.05, 0.1) is 12.1 Å². The Labute approximate surface area is 290 Å². The van der Waals surface area contributed by atoms with Gasteiger partial charge in [-0.1, -0.05) is 6.07 Å². The van der Waals surface area contributed by atoms with Crippen LogP contribution in [0.25, 0.3) is 10.9 Å². The SMILES string of the molecule is CCOC(=O)N1CCN(C(=O)C(CCC(=O)O)NC(=O)c2cc(OCC(=O)N3CCCC3C(=O)N3CCCCC3)c3ccc(C)cc3n2)CC1. The van der Waals surface area contributed by atoms with Gasteiger partial charge < -0.3 is 39.5 Å². The smallest absolute Gasteiger partial charge is 0.409 e. The van der Waals surface area contributed by atoms with Crippen molar-refractivity contribution in [3.8, 4) is 5.75 Å². The molecule has 3 saturated heterocycles. The Morgan fingerprint density at radius 1 is 0.920 bits per heavy atom. The molecule has 1 aromatic carbocycles. The Morgan fingerprint density at radius 2 is 1.64 bits per heavy atom. The van der Waals surface area contributed by atoms with Crippen LogP contribution in [0.4, 0.5) is 4.79 Å². The molecular weight excluding hydrogens is 648 g/mol. The molecule has 2 unspecified atom stereocenters. The van der Waals surface area contributed by atoms with E-state index >= 15 is 0 Å². The van der Waals surface area contributed by atoms with Crippen molar-refractivity contribution in [1.82, 2.24) is 29.9 Å². The van der Waals surface area contributed by atoms with E-state index in [1.807, 2.05) is 17.9 Å². The predicted molar refractivity (Wildman–Crippen MR) is 180 cm³/mol. The van der Waals surface area contributed by atoms with Gasteiger partial charge in [0.2, 0.25) is 11.8 Å². The lowest BCUT2D eigenvalue weighted by atomic mass is 10.1. The summed E-state index contributed by atoms with van der Waals surface area (Å²) in [6, 6.07) is 5.12. The summed E-state index contributed by atoms with van der Waals surface area (Å²) in [5.41, 5.74) is 1.23. The number of ether oxygens (including phenoxy) is 2. The third kappa shape index (κ3) is 8.79. The molecule has 270 valence electrons. The predicted octanol–water partition coefficient (Wildman–Crippen LogP) is 2.19. The minimum Gasteiger partial charge on any atom is -0.483 e. The zero-order valence-corrected chi connectivity index (χ0v) is 28.7. The number of piperidine rings is 1. The van der Waals surface area contributed by atoms with E-state index in [2.05, 4.69) is 10.3 Å². The topological polar surface area (TPSA) is 179 Å². The maximum Gasteiger partial charge on any atom is 0.409 e. The third-order valence-corrected chi connectivity index (χ3v) is 9.40. The van der Waals surface area contributed by atoms with Gasteiger partial charge >= 0.3 is 12.1 Å². The highest BCUT2D eigenvalue weighted by Crippen LogP contribution is 2.28. The van der Waals surface area contributed by atoms with E-state index in [1.165, 1.54) is 15.9 Å². The monoisotopic (exact) mass is 694 g/mol. The summed E-state index contributed by atoms with van der Waals surface area (Å²) in [7, 11) is 0. The number of aromatic nitrogens is 1. The molecule has 0 aliphatic carbocycles. The maximum absolute atomic E-state index is 13.7. The first-order valence-corrected chi connectivity index (χ1v) is 17.4. The van der Waals surface area contributed by atoms with Crippen molar-refractivity contribution < 1.29 is 43.3 Å². The van der Waals surface area contributed by atoms with Gasteiger partial charge in [-0.05, 0) is 70.1 Å². The van der Waals surface area contributed by atoms with Gasteiger partial charge in [-0.25, -0.2) is 9.78 Å². The van der Waals surface area contributed by atoms with Crippen LogP contribution < -0.4 is 10.1 Å². The molecule has 3 aliphatic rings. The molecule has 5 rings (SSSR count). The molecule has 3 aliphatic heterocycles. The number of hydrogen-bond acceptors (Lipinski definition) is 9. The van der Waals surface area contributed by atoms with Crippen LogP contribution in [0.2, 0.25) is 0 Å². The molecular formula is C35H46N6O9. The van der Waals surface area contributed by atoms with Crippen molar-refractivity contribution in [2.75, 3.05) is 59.0 Å². The Balaban J connectivity index is 1.30. The quantitative estimate of drug-likeness (QED) is 0.354. The van der Waals surface area contributed by atoms with E-state index in [0.29, 0.717) is 37.0 Å². The van der Waals surface area contributed by atoms with E-state index in [4.69, 9.17) is 9.47 Å². The Morgan fingerprint density at radius 3 is 2.34 bits per heavy atom. The summed E-state index contributed by atoms with van der Waals surface area (Å²) < 4.78 is 11.1. The number of aliphatic carboxylic acids is 1. The molecule has 5 amide bonds. The number of amides is 5. The summed E-state index contributed by atoms with van der Waals surface area (Å²) in [6.45, 7) is 6.17. The number of rotatable bonds is 11. The molecule has 2 aromatic rings. The number of carboxylic acids is 1. The number of pyridine rings is 1. The molecule has 15 heteroatoms. The Hall–Kier alpha value is -4.95. The molecule has 2 atom stereocenters. The van der Waals surface area contributed by atoms with Crippen molar-refractivity contribution in [2.24, 2.45) is 0 Å². The molecule has 15 nitrogen and oxygen atoms in total. The highest BCUT2D eigenvalue weighted by molar-refractivity contribution is 5.99. The van der Waals surface area contributed by atoms with Gasteiger partial charge in [0.15, 0.2) is 6.61 Å². The van der Waals surface area contributed by atoms with Crippen LogP contribution >= 0.6 is 0 Å². The Bertz CT molecular complexity index is 1600. The first-order valence-electron chi connectivity index (χ1n) is 17.4. The standard InChI is InChI=1S/C35H46N6O9/c1-3-49-35(48)40-18-16-39(17-19-40)33(46)25(11-12-31(43)44)37-32(45)27-21-29(24-10-9-23(2)20-26(24)36-27)50-22-30(42)41-15-7-8-28(41)34(47)38-13-5-4-6-14-38/h9-10,20-21,25,28H,3-8,11-19,22H2,1-2H3,(H,37,45)(H,43,44). The molecule has 4 heterocycles. The third-order valence-electron chi connectivity index (χ3n) is 9.40. The first kappa shape index (κ1) is 36.3. The first-order chi connectivity index (χ1) is 24.0. The van der Waals surface area contributed by atoms with Crippen LogP contribution in [0.1, 0.15) is 67.9 Å². The number of carbonyl (C=O) groups excluding carboxylic acids is 5. The van der Waals surface area contributed by atoms with Crippen LogP contribution in [0.3, 0.4) is 0 Å². The molecule has 0 radical (unpaired) electrons. The second-order valence-electron chi connectivity index (χ2n) is 12.9. The fourth-order valence-electron chi connectivity index (χ4n) is 6.71. The average Bonchev–Trinajstić information content (AvgIpc) is 3.62. The van der Waals surface area contributed by atoms with Gasteiger partial charge in [-0.2, -0.15) is 0 Å². The summed E-state index contributed by atoms with van der Waals surface area (Å²) in [6.07, 6.45) is 3.35. The number of fused-ring (bicyclic) bond motifs is 1. The highest BCUT2D eigenvalue weighted by Gasteiger charge is 2.37. The van der Waals surface area contributed by atoms with Crippen LogP contribution in [0.15, 0.2) is 24.3 Å². The molecule has 0 bridgehead atoms. The minimum atomic E-state index is -1.17. The van der Waals surface area contributed by atoms with Gasteiger partial charge in [-0.15, -0.1) is 0 Å². The average molecular weight is 695 g/mol. The molecule has 3 fully saturated rings. The normalized spacial score (nSPS) is 18.5. The van der Waals surface area contributed by atoms with Crippen LogP contribution in [-0.4, -0.2) is 136 Å². The number of likely N-dealkylation sites (tertiary alicyclic amines) is 2. The van der Waals surface area contributed by atoms with Crippen LogP contribution in [0.5, 0.6) is 5.75 Å². The molecule has 50 heavy (non-hydrogen) atoms. The van der Waals surface area contributed by atoms with Crippen LogP contribution in [0, 0.1) is 6.92 Å². The molecule has 2 N–H and O–H groups in total. The summed E-state index contributed by atoms with van der Waals surface area (Å²) >= 11 is 0. The van der Waals surface area contributed by atoms with Crippen molar-refractivity contribution in [3.05, 3.63) is 35.5 Å². The van der Waals surface area contributed by atoms with E-state index in [1.54, 1.807) is 24.0 Å². The summed E-state index contributed by atoms with van der Waals surface area (Å²) in [5.74, 6) is -2.43. The lowest BCUT2D eigenvalue weighted by molar-refractivity contribution is -0.145. The second-order valence-corrected chi connectivity index (χ2v) is 12.9. The molecule has 0 spiro atoms. The number of nitrogens with one attached hydrogen (secondary N) is 1.